The van der Waals surface area contributed by atoms with Crippen LogP contribution in [0.5, 0.6) is 0 Å². The summed E-state index contributed by atoms with van der Waals surface area (Å²) in [6, 6.07) is 20.5. The van der Waals surface area contributed by atoms with Crippen LogP contribution < -0.4 is 10.6 Å². The Morgan fingerprint density at radius 1 is 0.929 bits per heavy atom. The molecule has 1 aliphatic rings. The Morgan fingerprint density at radius 2 is 1.54 bits per heavy atom. The van der Waals surface area contributed by atoms with Crippen LogP contribution in [0.3, 0.4) is 0 Å². The van der Waals surface area contributed by atoms with Crippen LogP contribution in [0.25, 0.3) is 0 Å². The molecule has 0 radical (unpaired) electrons. The lowest BCUT2D eigenvalue weighted by atomic mass is 10.0. The molecule has 1 saturated heterocycles. The van der Waals surface area contributed by atoms with E-state index in [4.69, 9.17) is 5.73 Å². The third-order valence-electron chi connectivity index (χ3n) is 5.37. The zero-order valence-electron chi connectivity index (χ0n) is 16.3. The molecule has 0 unspecified atom stereocenters. The summed E-state index contributed by atoms with van der Waals surface area (Å²) in [4.78, 5) is 28.3. The molecule has 0 atom stereocenters. The van der Waals surface area contributed by atoms with Gasteiger partial charge in [0.2, 0.25) is 11.8 Å². The van der Waals surface area contributed by atoms with Crippen LogP contribution in [0, 0.1) is 0 Å². The zero-order valence-corrected chi connectivity index (χ0v) is 16.3. The summed E-state index contributed by atoms with van der Waals surface area (Å²) in [6.45, 7) is 2.99. The lowest BCUT2D eigenvalue weighted by Gasteiger charge is -2.38. The molecule has 0 saturated carbocycles. The van der Waals surface area contributed by atoms with Crippen molar-refractivity contribution < 1.29 is 9.59 Å². The smallest absolute Gasteiger partial charge is 0.227 e. The number of carbonyl (C=O) groups excluding carboxylic acids is 2. The van der Waals surface area contributed by atoms with Crippen LogP contribution in [0.4, 0.5) is 5.69 Å². The van der Waals surface area contributed by atoms with Crippen molar-refractivity contribution in [2.24, 2.45) is 5.73 Å². The maximum Gasteiger partial charge on any atom is 0.227 e. The second-order valence-corrected chi connectivity index (χ2v) is 7.37. The first kappa shape index (κ1) is 20.1. The first-order valence-corrected chi connectivity index (χ1v) is 10.0. The number of carbonyl (C=O) groups is 2. The number of amides is 2. The fourth-order valence-electron chi connectivity index (χ4n) is 3.83. The normalized spacial score (nSPS) is 15.3. The van der Waals surface area contributed by atoms with Gasteiger partial charge in [-0.05, 0) is 37.0 Å². The van der Waals surface area contributed by atoms with Gasteiger partial charge in [-0.15, -0.1) is 0 Å². The Balaban J connectivity index is 1.59. The SMILES string of the molecule is NC(=O)CCC(=O)N(c1ccccc1)C1CCN(CCc2ccccc2)CC1. The fourth-order valence-corrected chi connectivity index (χ4v) is 3.83. The molecule has 3 rings (SSSR count). The summed E-state index contributed by atoms with van der Waals surface area (Å²) in [5.74, 6) is -0.454. The van der Waals surface area contributed by atoms with Gasteiger partial charge in [0.15, 0.2) is 0 Å². The van der Waals surface area contributed by atoms with Crippen LogP contribution in [0.2, 0.25) is 0 Å². The van der Waals surface area contributed by atoms with E-state index >= 15 is 0 Å². The van der Waals surface area contributed by atoms with Gasteiger partial charge in [-0.2, -0.15) is 0 Å². The number of hydrogen-bond acceptors (Lipinski definition) is 3. The van der Waals surface area contributed by atoms with Gasteiger partial charge in [-0.3, -0.25) is 9.59 Å². The van der Waals surface area contributed by atoms with Crippen molar-refractivity contribution in [2.45, 2.75) is 38.1 Å². The van der Waals surface area contributed by atoms with Gasteiger partial charge >= 0.3 is 0 Å². The van der Waals surface area contributed by atoms with E-state index in [-0.39, 0.29) is 24.8 Å². The van der Waals surface area contributed by atoms with Gasteiger partial charge in [0.1, 0.15) is 0 Å². The molecular weight excluding hydrogens is 350 g/mol. The number of nitrogens with zero attached hydrogens (tertiary/aromatic N) is 2. The molecule has 148 valence electrons. The highest BCUT2D eigenvalue weighted by atomic mass is 16.2. The number of primary amides is 1. The lowest BCUT2D eigenvalue weighted by Crippen LogP contribution is -2.48. The maximum atomic E-state index is 12.8. The van der Waals surface area contributed by atoms with Crippen LogP contribution >= 0.6 is 0 Å². The van der Waals surface area contributed by atoms with Crippen LogP contribution in [-0.2, 0) is 16.0 Å². The second kappa shape index (κ2) is 10.0. The molecular formula is C23H29N3O2. The summed E-state index contributed by atoms with van der Waals surface area (Å²) in [7, 11) is 0. The van der Waals surface area contributed by atoms with Gasteiger partial charge in [0.05, 0.1) is 0 Å². The van der Waals surface area contributed by atoms with Crippen molar-refractivity contribution in [3.8, 4) is 0 Å². The topological polar surface area (TPSA) is 66.6 Å². The Kier molecular flexibility index (Phi) is 7.20. The molecule has 2 amide bonds. The number of anilines is 1. The number of hydrogen-bond donors (Lipinski definition) is 1. The van der Waals surface area contributed by atoms with Crippen molar-refractivity contribution in [2.75, 3.05) is 24.5 Å². The van der Waals surface area contributed by atoms with Gasteiger partial charge in [0.25, 0.3) is 0 Å². The summed E-state index contributed by atoms with van der Waals surface area (Å²) in [5, 5.41) is 0. The quantitative estimate of drug-likeness (QED) is 0.767. The highest BCUT2D eigenvalue weighted by Crippen LogP contribution is 2.25. The molecule has 28 heavy (non-hydrogen) atoms. The van der Waals surface area contributed by atoms with Gasteiger partial charge < -0.3 is 15.5 Å². The average Bonchev–Trinajstić information content (AvgIpc) is 2.73. The molecule has 0 aromatic heterocycles. The largest absolute Gasteiger partial charge is 0.370 e. The van der Waals surface area contributed by atoms with Crippen molar-refractivity contribution in [1.29, 1.82) is 0 Å². The molecule has 2 aromatic carbocycles. The molecule has 1 fully saturated rings. The van der Waals surface area contributed by atoms with Crippen LogP contribution in [-0.4, -0.2) is 42.4 Å². The van der Waals surface area contributed by atoms with Crippen molar-refractivity contribution in [1.82, 2.24) is 4.90 Å². The third kappa shape index (κ3) is 5.67. The van der Waals surface area contributed by atoms with E-state index in [0.717, 1.165) is 44.6 Å². The Hall–Kier alpha value is -2.66. The second-order valence-electron chi connectivity index (χ2n) is 7.37. The van der Waals surface area contributed by atoms with Gasteiger partial charge in [0, 0.05) is 44.2 Å². The molecule has 2 aromatic rings. The number of likely N-dealkylation sites (tertiary alicyclic amines) is 1. The van der Waals surface area contributed by atoms with E-state index in [9.17, 15) is 9.59 Å². The van der Waals surface area contributed by atoms with E-state index in [1.54, 1.807) is 0 Å². The van der Waals surface area contributed by atoms with E-state index in [1.807, 2.05) is 41.3 Å². The van der Waals surface area contributed by atoms with Crippen molar-refractivity contribution in [3.05, 3.63) is 66.2 Å². The maximum absolute atomic E-state index is 12.8. The number of rotatable bonds is 8. The number of para-hydroxylation sites is 1. The first-order chi connectivity index (χ1) is 13.6. The minimum absolute atomic E-state index is 0.0206. The van der Waals surface area contributed by atoms with E-state index < -0.39 is 5.91 Å². The molecule has 0 aliphatic carbocycles. The van der Waals surface area contributed by atoms with Gasteiger partial charge in [-0.1, -0.05) is 48.5 Å². The summed E-state index contributed by atoms with van der Waals surface area (Å²) in [5.41, 5.74) is 7.50. The lowest BCUT2D eigenvalue weighted by molar-refractivity contribution is -0.123. The summed E-state index contributed by atoms with van der Waals surface area (Å²) >= 11 is 0. The summed E-state index contributed by atoms with van der Waals surface area (Å²) in [6.07, 6.45) is 3.18. The molecule has 0 bridgehead atoms. The van der Waals surface area contributed by atoms with Crippen LogP contribution in [0.15, 0.2) is 60.7 Å². The molecule has 1 heterocycles. The van der Waals surface area contributed by atoms with E-state index in [0.29, 0.717) is 0 Å². The Morgan fingerprint density at radius 3 is 2.14 bits per heavy atom. The third-order valence-corrected chi connectivity index (χ3v) is 5.37. The molecule has 2 N–H and O–H groups in total. The number of piperidine rings is 1. The Bertz CT molecular complexity index is 756. The standard InChI is InChI=1S/C23H29N3O2/c24-22(27)11-12-23(28)26(20-9-5-2-6-10-20)21-14-17-25(18-15-21)16-13-19-7-3-1-4-8-19/h1-10,21H,11-18H2,(H2,24,27). The highest BCUT2D eigenvalue weighted by Gasteiger charge is 2.29. The zero-order chi connectivity index (χ0) is 19.8. The average molecular weight is 380 g/mol. The molecule has 5 nitrogen and oxygen atoms in total. The highest BCUT2D eigenvalue weighted by molar-refractivity contribution is 5.95. The molecule has 1 aliphatic heterocycles. The molecule has 5 heteroatoms. The van der Waals surface area contributed by atoms with E-state index in [1.165, 1.54) is 5.56 Å². The predicted octanol–water partition coefficient (Wildman–Crippen LogP) is 2.99. The monoisotopic (exact) mass is 379 g/mol. The van der Waals surface area contributed by atoms with Crippen LogP contribution in [0.1, 0.15) is 31.2 Å². The number of benzene rings is 2. The number of nitrogens with two attached hydrogens (primary N) is 1. The minimum atomic E-state index is -0.433. The predicted molar refractivity (Wildman–Crippen MR) is 112 cm³/mol. The van der Waals surface area contributed by atoms with Gasteiger partial charge in [-0.25, -0.2) is 0 Å². The fraction of sp³-hybridized carbons (Fsp3) is 0.391. The first-order valence-electron chi connectivity index (χ1n) is 10.0. The van der Waals surface area contributed by atoms with Crippen molar-refractivity contribution >= 4 is 17.5 Å². The van der Waals surface area contributed by atoms with Crippen molar-refractivity contribution in [3.63, 3.8) is 0 Å². The molecule has 0 spiro atoms. The summed E-state index contributed by atoms with van der Waals surface area (Å²) < 4.78 is 0. The Labute approximate surface area is 167 Å². The minimum Gasteiger partial charge on any atom is -0.370 e. The van der Waals surface area contributed by atoms with E-state index in [2.05, 4.69) is 29.2 Å².